The fourth-order valence-corrected chi connectivity index (χ4v) is 8.76. The number of nitrogens with zero attached hydrogens (tertiary/aromatic N) is 4. The zero-order chi connectivity index (χ0) is 40.1. The van der Waals surface area contributed by atoms with Crippen LogP contribution in [0.1, 0.15) is 61.3 Å². The van der Waals surface area contributed by atoms with Gasteiger partial charge in [0.15, 0.2) is 0 Å². The van der Waals surface area contributed by atoms with Crippen LogP contribution >= 0.6 is 0 Å². The average Bonchev–Trinajstić information content (AvgIpc) is 3.17. The Morgan fingerprint density at radius 2 is 1.82 bits per heavy atom. The number of piperidine rings is 1. The number of rotatable bonds is 20. The lowest BCUT2D eigenvalue weighted by Crippen LogP contribution is -2.53. The number of ether oxygens (including phenoxy) is 5. The number of hydrazone groups is 1. The van der Waals surface area contributed by atoms with E-state index in [0.29, 0.717) is 39.5 Å². The van der Waals surface area contributed by atoms with Crippen LogP contribution in [0.15, 0.2) is 76.7 Å². The first-order valence-electron chi connectivity index (χ1n) is 19.4. The number of fused-ring (bicyclic) bond motifs is 1. The van der Waals surface area contributed by atoms with Crippen LogP contribution in [0, 0.1) is 6.92 Å². The molecule has 0 aliphatic carbocycles. The topological polar surface area (TPSA) is 131 Å². The van der Waals surface area contributed by atoms with E-state index in [1.165, 1.54) is 10.6 Å². The Kier molecular flexibility index (Phi) is 16.1. The summed E-state index contributed by atoms with van der Waals surface area (Å²) in [5.74, 6) is 0.230. The Balaban J connectivity index is 1.44. The van der Waals surface area contributed by atoms with Gasteiger partial charge >= 0.3 is 0 Å². The van der Waals surface area contributed by atoms with Crippen LogP contribution in [0.3, 0.4) is 0 Å². The lowest BCUT2D eigenvalue weighted by molar-refractivity contribution is -0.122. The molecule has 0 spiro atoms. The molecule has 306 valence electrons. The second-order valence-electron chi connectivity index (χ2n) is 14.7. The first-order valence-corrected chi connectivity index (χ1v) is 20.9. The molecule has 5 rings (SSSR count). The maximum atomic E-state index is 14.4. The summed E-state index contributed by atoms with van der Waals surface area (Å²) in [4.78, 5) is 17.5. The van der Waals surface area contributed by atoms with Gasteiger partial charge in [0.2, 0.25) is 15.9 Å². The van der Waals surface area contributed by atoms with Gasteiger partial charge < -0.3 is 33.5 Å². The van der Waals surface area contributed by atoms with Crippen molar-refractivity contribution >= 4 is 28.0 Å². The lowest BCUT2D eigenvalue weighted by Gasteiger charge is -2.43. The molecule has 1 saturated heterocycles. The number of sulfonamides is 1. The SMILES string of the molecule is CCO[C@H](C)COCc1ccc([C@H]2C[C@H](CC(=O)N/N=C\N(C)C)N(S(=O)(=O)c3ccc(C)cc3)C[C@@H]2OCc2ccc3c(c2)N(CCCOC)CCO3)cc1. The molecule has 2 aliphatic rings. The molecule has 1 N–H and O–H groups in total. The Morgan fingerprint density at radius 1 is 1.07 bits per heavy atom. The van der Waals surface area contributed by atoms with Crippen molar-refractivity contribution in [1.29, 1.82) is 0 Å². The number of hydrogen-bond donors (Lipinski definition) is 1. The quantitative estimate of drug-likeness (QED) is 0.0695. The van der Waals surface area contributed by atoms with Gasteiger partial charge in [-0.05, 0) is 74.6 Å². The first-order chi connectivity index (χ1) is 27.0. The summed E-state index contributed by atoms with van der Waals surface area (Å²) in [5.41, 5.74) is 7.48. The van der Waals surface area contributed by atoms with Crippen LogP contribution in [0.5, 0.6) is 5.75 Å². The van der Waals surface area contributed by atoms with Gasteiger partial charge in [-0.2, -0.15) is 9.41 Å². The zero-order valence-corrected chi connectivity index (χ0v) is 34.5. The molecule has 14 heteroatoms. The summed E-state index contributed by atoms with van der Waals surface area (Å²) < 4.78 is 59.9. The summed E-state index contributed by atoms with van der Waals surface area (Å²) in [6.45, 7) is 10.6. The largest absolute Gasteiger partial charge is 0.490 e. The third-order valence-corrected chi connectivity index (χ3v) is 11.9. The molecule has 0 unspecified atom stereocenters. The highest BCUT2D eigenvalue weighted by Crippen LogP contribution is 2.39. The standard InChI is InChI=1S/C42H59N5O8S/c1-7-53-32(3)27-52-28-33-11-14-35(15-12-33)38-24-36(25-42(48)44-43-30-45(4)5)47(56(49,50)37-16-9-31(2)10-17-37)26-41(38)55-29-34-13-18-40-39(23-34)46(20-22-54-40)19-8-21-51-6/h9-18,23,30,32,36,38,41H,7-8,19-22,24-29H2,1-6H3,(H,44,48)/b43-30-/t32-,36-,38-,41+/m1/s1. The number of carbonyl (C=O) groups excluding carboxylic acids is 1. The van der Waals surface area contributed by atoms with Crippen LogP contribution in [0.2, 0.25) is 0 Å². The second-order valence-corrected chi connectivity index (χ2v) is 16.6. The summed E-state index contributed by atoms with van der Waals surface area (Å²) in [6.07, 6.45) is 2.13. The lowest BCUT2D eigenvalue weighted by atomic mass is 9.83. The Labute approximate surface area is 332 Å². The number of carbonyl (C=O) groups is 1. The molecular formula is C42H59N5O8S. The minimum Gasteiger partial charge on any atom is -0.490 e. The Bertz CT molecular complexity index is 1820. The predicted molar refractivity (Wildman–Crippen MR) is 218 cm³/mol. The second kappa shape index (κ2) is 20.9. The van der Waals surface area contributed by atoms with Gasteiger partial charge in [0, 0.05) is 65.9 Å². The number of benzene rings is 3. The highest BCUT2D eigenvalue weighted by atomic mass is 32.2. The smallest absolute Gasteiger partial charge is 0.243 e. The van der Waals surface area contributed by atoms with Gasteiger partial charge in [-0.1, -0.05) is 48.0 Å². The molecule has 0 aromatic heterocycles. The molecule has 13 nitrogen and oxygen atoms in total. The molecule has 0 saturated carbocycles. The molecule has 4 atom stereocenters. The van der Waals surface area contributed by atoms with Crippen LogP contribution in [0.25, 0.3) is 0 Å². The van der Waals surface area contributed by atoms with Crippen molar-refractivity contribution in [2.24, 2.45) is 5.10 Å². The van der Waals surface area contributed by atoms with Crippen LogP contribution in [0.4, 0.5) is 5.69 Å². The fraction of sp³-hybridized carbons (Fsp3) is 0.524. The molecule has 0 radical (unpaired) electrons. The van der Waals surface area contributed by atoms with Crippen molar-refractivity contribution < 1.29 is 36.9 Å². The molecule has 0 bridgehead atoms. The van der Waals surface area contributed by atoms with E-state index in [1.807, 2.05) is 45.0 Å². The van der Waals surface area contributed by atoms with Gasteiger partial charge in [0.1, 0.15) is 18.7 Å². The zero-order valence-electron chi connectivity index (χ0n) is 33.7. The number of aryl methyl sites for hydroxylation is 1. The van der Waals surface area contributed by atoms with Crippen LogP contribution < -0.4 is 15.1 Å². The summed E-state index contributed by atoms with van der Waals surface area (Å²) in [6, 6.07) is 20.4. The summed E-state index contributed by atoms with van der Waals surface area (Å²) in [5, 5.41) is 4.03. The van der Waals surface area contributed by atoms with Crippen molar-refractivity contribution in [1.82, 2.24) is 14.6 Å². The number of nitrogens with one attached hydrogen (secondary N) is 1. The normalized spacial score (nSPS) is 19.4. The van der Waals surface area contributed by atoms with Crippen molar-refractivity contribution in [2.45, 2.75) is 82.3 Å². The van der Waals surface area contributed by atoms with Crippen LogP contribution in [-0.4, -0.2) is 115 Å². The van der Waals surface area contributed by atoms with Crippen molar-refractivity contribution in [3.05, 3.63) is 89.0 Å². The molecular weight excluding hydrogens is 735 g/mol. The molecule has 2 heterocycles. The maximum absolute atomic E-state index is 14.4. The fourth-order valence-electron chi connectivity index (χ4n) is 7.12. The van der Waals surface area contributed by atoms with Crippen molar-refractivity contribution in [3.8, 4) is 5.75 Å². The highest BCUT2D eigenvalue weighted by molar-refractivity contribution is 7.89. The minimum absolute atomic E-state index is 0.00244. The van der Waals surface area contributed by atoms with Crippen molar-refractivity contribution in [3.63, 3.8) is 0 Å². The Hall–Kier alpha value is -4.05. The summed E-state index contributed by atoms with van der Waals surface area (Å²) >= 11 is 0. The monoisotopic (exact) mass is 793 g/mol. The van der Waals surface area contributed by atoms with E-state index in [2.05, 4.69) is 33.6 Å². The number of amides is 1. The van der Waals surface area contributed by atoms with E-state index >= 15 is 0 Å². The molecule has 2 aliphatic heterocycles. The van der Waals surface area contributed by atoms with E-state index < -0.39 is 22.2 Å². The molecule has 1 amide bonds. The molecule has 3 aromatic rings. The molecule has 56 heavy (non-hydrogen) atoms. The molecule has 1 fully saturated rings. The predicted octanol–water partition coefficient (Wildman–Crippen LogP) is 5.32. The van der Waals surface area contributed by atoms with Gasteiger partial charge in [-0.15, -0.1) is 0 Å². The van der Waals surface area contributed by atoms with E-state index in [4.69, 9.17) is 23.7 Å². The van der Waals surface area contributed by atoms with Gasteiger partial charge in [0.25, 0.3) is 0 Å². The van der Waals surface area contributed by atoms with Crippen LogP contribution in [-0.2, 0) is 47.0 Å². The first kappa shape index (κ1) is 43.1. The van der Waals surface area contributed by atoms with E-state index in [-0.39, 0.29) is 42.4 Å². The van der Waals surface area contributed by atoms with Crippen molar-refractivity contribution in [2.75, 3.05) is 72.2 Å². The highest BCUT2D eigenvalue weighted by Gasteiger charge is 2.43. The van der Waals surface area contributed by atoms with E-state index in [0.717, 1.165) is 53.2 Å². The number of hydrogen-bond acceptors (Lipinski definition) is 10. The minimum atomic E-state index is -4.02. The van der Waals surface area contributed by atoms with Gasteiger partial charge in [0.05, 0.1) is 49.2 Å². The van der Waals surface area contributed by atoms with E-state index in [1.54, 1.807) is 50.4 Å². The third-order valence-electron chi connectivity index (χ3n) is 9.97. The van der Waals surface area contributed by atoms with Gasteiger partial charge in [-0.3, -0.25) is 4.79 Å². The maximum Gasteiger partial charge on any atom is 0.243 e. The van der Waals surface area contributed by atoms with E-state index in [9.17, 15) is 13.2 Å². The molecule has 3 aromatic carbocycles. The average molecular weight is 794 g/mol. The third kappa shape index (κ3) is 12.0. The number of anilines is 1. The Morgan fingerprint density at radius 3 is 2.54 bits per heavy atom. The van der Waals surface area contributed by atoms with Gasteiger partial charge in [-0.25, -0.2) is 13.8 Å². The number of methoxy groups -OCH3 is 1. The summed E-state index contributed by atoms with van der Waals surface area (Å²) in [7, 11) is 1.29.